The summed E-state index contributed by atoms with van der Waals surface area (Å²) in [4.78, 5) is 23.7. The van der Waals surface area contributed by atoms with Gasteiger partial charge >= 0.3 is 5.97 Å². The average Bonchev–Trinajstić information content (AvgIpc) is 2.50. The van der Waals surface area contributed by atoms with Crippen molar-refractivity contribution in [1.82, 2.24) is 9.78 Å². The van der Waals surface area contributed by atoms with Gasteiger partial charge in [0.25, 0.3) is 12.0 Å². The van der Waals surface area contributed by atoms with Crippen LogP contribution in [-0.2, 0) is 16.1 Å². The molecule has 1 aromatic carbocycles. The Kier molecular flexibility index (Phi) is 4.29. The minimum Gasteiger partial charge on any atom is -0.468 e. The molecule has 0 radical (unpaired) electrons. The fourth-order valence-electron chi connectivity index (χ4n) is 2.87. The van der Waals surface area contributed by atoms with Gasteiger partial charge in [-0.3, -0.25) is 9.59 Å². The number of carbonyl (C=O) groups excluding carboxylic acids is 1. The quantitative estimate of drug-likeness (QED) is 0.803. The van der Waals surface area contributed by atoms with E-state index in [4.69, 9.17) is 0 Å². The number of hydrogen-bond acceptors (Lipinski definition) is 4. The minimum absolute atomic E-state index is 0.0163. The van der Waals surface area contributed by atoms with Crippen LogP contribution in [-0.4, -0.2) is 22.9 Å². The van der Waals surface area contributed by atoms with Gasteiger partial charge in [-0.25, -0.2) is 17.9 Å². The van der Waals surface area contributed by atoms with Gasteiger partial charge < -0.3 is 4.74 Å². The molecule has 0 saturated heterocycles. The molecule has 1 aliphatic rings. The van der Waals surface area contributed by atoms with E-state index in [1.165, 1.54) is 12.1 Å². The van der Waals surface area contributed by atoms with Gasteiger partial charge in [-0.1, -0.05) is 12.5 Å². The Bertz CT molecular complexity index is 860. The van der Waals surface area contributed by atoms with E-state index in [0.29, 0.717) is 10.2 Å². The van der Waals surface area contributed by atoms with E-state index in [2.05, 4.69) is 9.84 Å². The summed E-state index contributed by atoms with van der Waals surface area (Å²) in [6.07, 6.45) is -0.537. The van der Waals surface area contributed by atoms with E-state index < -0.39 is 41.4 Å². The molecule has 0 N–H and O–H groups in total. The van der Waals surface area contributed by atoms with Gasteiger partial charge in [0, 0.05) is 0 Å². The van der Waals surface area contributed by atoms with E-state index in [-0.39, 0.29) is 11.3 Å². The lowest BCUT2D eigenvalue weighted by atomic mass is 9.79. The van der Waals surface area contributed by atoms with Crippen LogP contribution in [0.3, 0.4) is 0 Å². The third-order valence-electron chi connectivity index (χ3n) is 4.38. The number of fused-ring (bicyclic) bond motifs is 1. The molecule has 3 rings (SSSR count). The van der Waals surface area contributed by atoms with E-state index in [1.54, 1.807) is 0 Å². The lowest BCUT2D eigenvalue weighted by molar-refractivity contribution is -0.141. The second kappa shape index (κ2) is 6.26. The van der Waals surface area contributed by atoms with Crippen molar-refractivity contribution in [1.29, 1.82) is 0 Å². The number of rotatable bonds is 4. The summed E-state index contributed by atoms with van der Waals surface area (Å²) >= 11 is 0. The van der Waals surface area contributed by atoms with E-state index in [0.717, 1.165) is 26.4 Å². The molecule has 1 aliphatic carbocycles. The molecule has 0 bridgehead atoms. The highest BCUT2D eigenvalue weighted by atomic mass is 19.3. The summed E-state index contributed by atoms with van der Waals surface area (Å²) in [5.74, 6) is -1.64. The Labute approximate surface area is 135 Å². The zero-order valence-electron chi connectivity index (χ0n) is 12.9. The zero-order chi connectivity index (χ0) is 17.4. The molecule has 2 aromatic rings. The van der Waals surface area contributed by atoms with Crippen molar-refractivity contribution >= 4 is 16.7 Å². The minimum atomic E-state index is -3.08. The summed E-state index contributed by atoms with van der Waals surface area (Å²) in [6.45, 7) is -0.614. The molecule has 0 spiro atoms. The molecule has 0 unspecified atom stereocenters. The van der Waals surface area contributed by atoms with E-state index in [1.807, 2.05) is 0 Å². The molecular formula is C16H15F3N2O3. The summed E-state index contributed by atoms with van der Waals surface area (Å²) < 4.78 is 46.5. The van der Waals surface area contributed by atoms with Crippen molar-refractivity contribution in [2.45, 2.75) is 38.2 Å². The standard InChI is InChI=1S/C16H15F3N2O3/c1-24-11(22)7-21-16(23)10-6-5-9(8-3-2-4-8)13(17)12(10)14(20-21)15(18)19/h5-6,8,15H,2-4,7H2,1H3. The predicted octanol–water partition coefficient (Wildman–Crippen LogP) is 2.91. The average molecular weight is 340 g/mol. The number of carbonyl (C=O) groups is 1. The Morgan fingerprint density at radius 1 is 1.42 bits per heavy atom. The first-order valence-corrected chi connectivity index (χ1v) is 7.52. The van der Waals surface area contributed by atoms with Crippen LogP contribution in [0.15, 0.2) is 16.9 Å². The highest BCUT2D eigenvalue weighted by molar-refractivity contribution is 5.85. The summed E-state index contributed by atoms with van der Waals surface area (Å²) in [5.41, 5.74) is -1.31. The van der Waals surface area contributed by atoms with Crippen LogP contribution in [0.2, 0.25) is 0 Å². The molecule has 1 heterocycles. The first kappa shape index (κ1) is 16.5. The number of halogens is 3. The molecule has 0 amide bonds. The van der Waals surface area contributed by atoms with Crippen molar-refractivity contribution in [3.05, 3.63) is 39.6 Å². The third kappa shape index (κ3) is 2.65. The summed E-state index contributed by atoms with van der Waals surface area (Å²) in [5, 5.41) is 2.83. The lowest BCUT2D eigenvalue weighted by Crippen LogP contribution is -2.29. The van der Waals surface area contributed by atoms with Crippen molar-refractivity contribution in [3.8, 4) is 0 Å². The molecule has 24 heavy (non-hydrogen) atoms. The fourth-order valence-corrected chi connectivity index (χ4v) is 2.87. The molecule has 0 atom stereocenters. The molecule has 0 aliphatic heterocycles. The van der Waals surface area contributed by atoms with Gasteiger partial charge in [0.15, 0.2) is 0 Å². The van der Waals surface area contributed by atoms with Crippen LogP contribution < -0.4 is 5.56 Å². The molecule has 1 aromatic heterocycles. The van der Waals surface area contributed by atoms with Crippen LogP contribution in [0.25, 0.3) is 10.8 Å². The largest absolute Gasteiger partial charge is 0.468 e. The highest BCUT2D eigenvalue weighted by Gasteiger charge is 2.28. The van der Waals surface area contributed by atoms with Gasteiger partial charge in [-0.15, -0.1) is 0 Å². The van der Waals surface area contributed by atoms with Crippen LogP contribution in [0, 0.1) is 5.82 Å². The van der Waals surface area contributed by atoms with Crippen molar-refractivity contribution < 1.29 is 22.7 Å². The van der Waals surface area contributed by atoms with Crippen molar-refractivity contribution in [3.63, 3.8) is 0 Å². The van der Waals surface area contributed by atoms with Gasteiger partial charge in [-0.05, 0) is 30.4 Å². The Balaban J connectivity index is 2.25. The van der Waals surface area contributed by atoms with Gasteiger partial charge in [0.2, 0.25) is 0 Å². The lowest BCUT2D eigenvalue weighted by Gasteiger charge is -2.26. The third-order valence-corrected chi connectivity index (χ3v) is 4.38. The maximum absolute atomic E-state index is 14.8. The smallest absolute Gasteiger partial charge is 0.327 e. The normalized spacial score (nSPS) is 14.9. The second-order valence-electron chi connectivity index (χ2n) is 5.74. The number of ether oxygens (including phenoxy) is 1. The van der Waals surface area contributed by atoms with Crippen molar-refractivity contribution in [2.75, 3.05) is 7.11 Å². The van der Waals surface area contributed by atoms with Gasteiger partial charge in [0.1, 0.15) is 18.1 Å². The number of esters is 1. The summed E-state index contributed by atoms with van der Waals surface area (Å²) in [6, 6.07) is 2.79. The predicted molar refractivity (Wildman–Crippen MR) is 79.5 cm³/mol. The topological polar surface area (TPSA) is 61.2 Å². The molecule has 128 valence electrons. The number of hydrogen-bond donors (Lipinski definition) is 0. The van der Waals surface area contributed by atoms with Crippen LogP contribution in [0.5, 0.6) is 0 Å². The first-order chi connectivity index (χ1) is 11.4. The molecule has 5 nitrogen and oxygen atoms in total. The monoisotopic (exact) mass is 340 g/mol. The van der Waals surface area contributed by atoms with Crippen LogP contribution in [0.1, 0.15) is 42.9 Å². The van der Waals surface area contributed by atoms with E-state index >= 15 is 0 Å². The molecule has 8 heteroatoms. The van der Waals surface area contributed by atoms with Gasteiger partial charge in [-0.2, -0.15) is 5.10 Å². The maximum Gasteiger partial charge on any atom is 0.327 e. The molecule has 1 fully saturated rings. The van der Waals surface area contributed by atoms with Crippen LogP contribution in [0.4, 0.5) is 13.2 Å². The SMILES string of the molecule is COC(=O)Cn1nc(C(F)F)c2c(F)c(C3CCC3)ccc2c1=O. The number of methoxy groups -OCH3 is 1. The highest BCUT2D eigenvalue weighted by Crippen LogP contribution is 2.40. The zero-order valence-corrected chi connectivity index (χ0v) is 12.9. The Morgan fingerprint density at radius 2 is 2.12 bits per heavy atom. The van der Waals surface area contributed by atoms with Crippen molar-refractivity contribution in [2.24, 2.45) is 0 Å². The fraction of sp³-hybridized carbons (Fsp3) is 0.438. The number of aromatic nitrogens is 2. The van der Waals surface area contributed by atoms with Gasteiger partial charge in [0.05, 0.1) is 17.9 Å². The van der Waals surface area contributed by atoms with E-state index in [9.17, 15) is 22.8 Å². The maximum atomic E-state index is 14.8. The summed E-state index contributed by atoms with van der Waals surface area (Å²) in [7, 11) is 1.10. The number of nitrogens with zero attached hydrogens (tertiary/aromatic N) is 2. The Hall–Kier alpha value is -2.38. The van der Waals surface area contributed by atoms with Crippen LogP contribution >= 0.6 is 0 Å². The number of benzene rings is 1. The second-order valence-corrected chi connectivity index (χ2v) is 5.74. The first-order valence-electron chi connectivity index (χ1n) is 7.52. The number of alkyl halides is 2. The Morgan fingerprint density at radius 3 is 2.67 bits per heavy atom. The molecule has 1 saturated carbocycles. The molecular weight excluding hydrogens is 325 g/mol.